The summed E-state index contributed by atoms with van der Waals surface area (Å²) in [5.41, 5.74) is 7.91. The summed E-state index contributed by atoms with van der Waals surface area (Å²) in [5, 5.41) is 2.53. The highest BCUT2D eigenvalue weighted by Crippen LogP contribution is 2.54. The van der Waals surface area contributed by atoms with Crippen LogP contribution in [0.3, 0.4) is 0 Å². The number of hydrogen-bond donors (Lipinski definition) is 0. The van der Waals surface area contributed by atoms with Crippen LogP contribution in [0, 0.1) is 32.5 Å². The standard InChI is InChI=1S/C39H49N2/c1-22(2)17-27-19-28(18-23(3)4)21-29(20-27)34-36-39(10,11)38(8,9)31-16-14-25(6)32-30-15-13-24(5)26(7)33(30)37(40(34)12)41(36)35(31)32/h13-16,19-23H,17-18H2,1-12H3/q+1/i6D3,10D3. The van der Waals surface area contributed by atoms with Crippen LogP contribution >= 0.6 is 0 Å². The molecule has 5 aromatic rings. The Morgan fingerprint density at radius 1 is 0.829 bits per heavy atom. The minimum absolute atomic E-state index is 0.293. The van der Waals surface area contributed by atoms with Crippen LogP contribution in [0.15, 0.2) is 42.5 Å². The summed E-state index contributed by atoms with van der Waals surface area (Å²) in [4.78, 5) is 0. The van der Waals surface area contributed by atoms with E-state index in [0.29, 0.717) is 22.8 Å². The number of aryl methyl sites for hydroxylation is 4. The lowest BCUT2D eigenvalue weighted by Gasteiger charge is -2.43. The molecule has 6 rings (SSSR count). The molecule has 0 radical (unpaired) electrons. The molecule has 2 nitrogen and oxygen atoms in total. The van der Waals surface area contributed by atoms with Gasteiger partial charge in [0, 0.05) is 41.0 Å². The molecule has 0 fully saturated rings. The maximum atomic E-state index is 9.21. The van der Waals surface area contributed by atoms with Gasteiger partial charge in [-0.2, -0.15) is 4.40 Å². The molecule has 2 heteroatoms. The molecule has 0 N–H and O–H groups in total. The highest BCUT2D eigenvalue weighted by Gasteiger charge is 2.52. The minimum Gasteiger partial charge on any atom is -0.225 e. The van der Waals surface area contributed by atoms with E-state index in [1.165, 1.54) is 11.1 Å². The van der Waals surface area contributed by atoms with Gasteiger partial charge in [-0.05, 0) is 85.3 Å². The Labute approximate surface area is 255 Å². The quantitative estimate of drug-likeness (QED) is 0.152. The molecule has 0 aliphatic carbocycles. The topological polar surface area (TPSA) is 8.29 Å². The third-order valence-corrected chi connectivity index (χ3v) is 9.95. The lowest BCUT2D eigenvalue weighted by atomic mass is 9.60. The zero-order valence-electron chi connectivity index (χ0n) is 32.5. The van der Waals surface area contributed by atoms with Crippen LogP contribution in [0.1, 0.15) is 103 Å². The van der Waals surface area contributed by atoms with Crippen molar-refractivity contribution < 1.29 is 12.8 Å². The zero-order chi connectivity index (χ0) is 34.8. The summed E-state index contributed by atoms with van der Waals surface area (Å²) in [5.74, 6) is 0.923. The molecule has 0 amide bonds. The fourth-order valence-electron chi connectivity index (χ4n) is 7.47. The Morgan fingerprint density at radius 2 is 1.46 bits per heavy atom. The van der Waals surface area contributed by atoms with Crippen molar-refractivity contribution in [2.24, 2.45) is 18.9 Å². The van der Waals surface area contributed by atoms with Gasteiger partial charge in [-0.1, -0.05) is 85.6 Å². The van der Waals surface area contributed by atoms with Gasteiger partial charge in [-0.15, -0.1) is 0 Å². The van der Waals surface area contributed by atoms with Crippen LogP contribution < -0.4 is 4.57 Å². The number of aromatic nitrogens is 2. The molecule has 3 heterocycles. The molecule has 1 atom stereocenters. The van der Waals surface area contributed by atoms with Gasteiger partial charge in [0.2, 0.25) is 0 Å². The monoisotopic (exact) mass is 551 g/mol. The molecular weight excluding hydrogens is 496 g/mol. The van der Waals surface area contributed by atoms with Crippen LogP contribution in [0.2, 0.25) is 0 Å². The van der Waals surface area contributed by atoms with Gasteiger partial charge in [-0.25, -0.2) is 4.57 Å². The minimum atomic E-state index is -2.38. The number of rotatable bonds is 5. The van der Waals surface area contributed by atoms with Crippen molar-refractivity contribution in [1.82, 2.24) is 4.40 Å². The molecule has 1 aliphatic rings. The van der Waals surface area contributed by atoms with Gasteiger partial charge in [-0.3, -0.25) is 0 Å². The molecule has 1 unspecified atom stereocenters. The highest BCUT2D eigenvalue weighted by molar-refractivity contribution is 6.15. The first-order chi connectivity index (χ1) is 21.6. The molecule has 1 aliphatic heterocycles. The van der Waals surface area contributed by atoms with Gasteiger partial charge in [0.1, 0.15) is 5.52 Å². The molecule has 41 heavy (non-hydrogen) atoms. The van der Waals surface area contributed by atoms with Crippen molar-refractivity contribution in [1.29, 1.82) is 0 Å². The van der Waals surface area contributed by atoms with Crippen LogP contribution in [0.25, 0.3) is 38.6 Å². The van der Waals surface area contributed by atoms with E-state index < -0.39 is 24.5 Å². The number of imidazole rings is 1. The van der Waals surface area contributed by atoms with E-state index in [9.17, 15) is 4.11 Å². The van der Waals surface area contributed by atoms with E-state index in [-0.39, 0.29) is 0 Å². The number of hydrogen-bond acceptors (Lipinski definition) is 0. The van der Waals surface area contributed by atoms with E-state index in [2.05, 4.69) is 87.9 Å². The van der Waals surface area contributed by atoms with Crippen LogP contribution in [-0.2, 0) is 30.7 Å². The maximum Gasteiger partial charge on any atom is 0.295 e. The molecular formula is C39H49N2+. The van der Waals surface area contributed by atoms with E-state index in [1.807, 2.05) is 26.8 Å². The van der Waals surface area contributed by atoms with Crippen molar-refractivity contribution in [3.05, 3.63) is 81.5 Å². The Balaban J connectivity index is 1.98. The summed E-state index contributed by atoms with van der Waals surface area (Å²) in [6.45, 7) is 14.3. The SMILES string of the molecule is [2H]C([2H])([2H])c1ccc2c3c1c1ccc(C)c(C)c1c1n3c(c(-c3cc(CC(C)C)cc(CC(C)C)c3)[n+]1C)C(C)(C([2H])([2H])[2H])C2(C)C. The summed E-state index contributed by atoms with van der Waals surface area (Å²) >= 11 is 0. The van der Waals surface area contributed by atoms with Gasteiger partial charge < -0.3 is 0 Å². The fraction of sp³-hybridized carbons (Fsp3) is 0.462. The number of fused-ring (bicyclic) bond motifs is 3. The van der Waals surface area contributed by atoms with Crippen LogP contribution in [0.4, 0.5) is 0 Å². The summed E-state index contributed by atoms with van der Waals surface area (Å²) in [6.07, 6.45) is 1.84. The smallest absolute Gasteiger partial charge is 0.225 e. The molecule has 2 aromatic heterocycles. The maximum absolute atomic E-state index is 9.21. The lowest BCUT2D eigenvalue weighted by molar-refractivity contribution is -0.632. The van der Waals surface area contributed by atoms with E-state index in [4.69, 9.17) is 4.11 Å². The molecule has 3 aromatic carbocycles. The summed E-state index contributed by atoms with van der Waals surface area (Å²) < 4.78 is 57.9. The van der Waals surface area contributed by atoms with Crippen molar-refractivity contribution in [3.63, 3.8) is 0 Å². The first-order valence-electron chi connectivity index (χ1n) is 18.2. The third kappa shape index (κ3) is 3.85. The van der Waals surface area contributed by atoms with E-state index in [0.717, 1.165) is 68.4 Å². The van der Waals surface area contributed by atoms with Crippen molar-refractivity contribution in [2.45, 2.75) is 99.7 Å². The zero-order valence-corrected chi connectivity index (χ0v) is 26.5. The molecule has 0 spiro atoms. The van der Waals surface area contributed by atoms with Gasteiger partial charge in [0.15, 0.2) is 11.4 Å². The summed E-state index contributed by atoms with van der Waals surface area (Å²) in [7, 11) is 2.06. The number of pyridine rings is 1. The Kier molecular flexibility index (Phi) is 4.83. The van der Waals surface area contributed by atoms with Gasteiger partial charge in [0.05, 0.1) is 12.4 Å². The van der Waals surface area contributed by atoms with Crippen LogP contribution in [0.5, 0.6) is 0 Å². The molecule has 0 saturated heterocycles. The summed E-state index contributed by atoms with van der Waals surface area (Å²) in [6, 6.07) is 14.6. The lowest BCUT2D eigenvalue weighted by Crippen LogP contribution is -2.44. The second kappa shape index (κ2) is 9.18. The first kappa shape index (κ1) is 21.6. The predicted octanol–water partition coefficient (Wildman–Crippen LogP) is 9.63. The Hall–Kier alpha value is -3.13. The van der Waals surface area contributed by atoms with Crippen molar-refractivity contribution >= 4 is 27.3 Å². The van der Waals surface area contributed by atoms with Crippen molar-refractivity contribution in [3.8, 4) is 11.3 Å². The largest absolute Gasteiger partial charge is 0.295 e. The Bertz CT molecular complexity index is 2060. The first-order valence-corrected chi connectivity index (χ1v) is 15.2. The van der Waals surface area contributed by atoms with Crippen LogP contribution in [-0.4, -0.2) is 4.40 Å². The molecule has 0 bridgehead atoms. The van der Waals surface area contributed by atoms with Gasteiger partial charge >= 0.3 is 0 Å². The molecule has 214 valence electrons. The number of benzene rings is 3. The number of nitrogens with zero attached hydrogens (tertiary/aromatic N) is 2. The average molecular weight is 552 g/mol. The van der Waals surface area contributed by atoms with Gasteiger partial charge in [0.25, 0.3) is 5.65 Å². The average Bonchev–Trinajstić information content (AvgIpc) is 3.24. The van der Waals surface area contributed by atoms with E-state index in [1.54, 1.807) is 6.07 Å². The second-order valence-electron chi connectivity index (χ2n) is 14.2. The van der Waals surface area contributed by atoms with Crippen molar-refractivity contribution in [2.75, 3.05) is 0 Å². The van der Waals surface area contributed by atoms with E-state index >= 15 is 0 Å². The third-order valence-electron chi connectivity index (χ3n) is 9.95. The molecule has 0 saturated carbocycles. The highest BCUT2D eigenvalue weighted by atomic mass is 15.1. The Morgan fingerprint density at radius 3 is 2.05 bits per heavy atom. The normalized spacial score (nSPS) is 21.0. The predicted molar refractivity (Wildman–Crippen MR) is 176 cm³/mol. The fourth-order valence-corrected chi connectivity index (χ4v) is 7.47. The second-order valence-corrected chi connectivity index (χ2v) is 14.2.